The Kier molecular flexibility index (Phi) is 5.75. The van der Waals surface area contributed by atoms with E-state index in [-0.39, 0.29) is 17.9 Å². The van der Waals surface area contributed by atoms with Crippen molar-refractivity contribution >= 4 is 38.3 Å². The molecule has 0 aliphatic rings. The van der Waals surface area contributed by atoms with Crippen molar-refractivity contribution in [3.63, 3.8) is 0 Å². The van der Waals surface area contributed by atoms with Crippen LogP contribution in [-0.2, 0) is 16.6 Å². The number of nitrogens with one attached hydrogen (secondary N) is 1. The number of hydrogen-bond acceptors (Lipinski definition) is 5. The van der Waals surface area contributed by atoms with Crippen LogP contribution < -0.4 is 10.1 Å². The van der Waals surface area contributed by atoms with Crippen LogP contribution in [0.5, 0.6) is 5.75 Å². The Bertz CT molecular complexity index is 695. The molecule has 5 nitrogen and oxygen atoms in total. The Labute approximate surface area is 148 Å². The number of carbonyl (C=O) groups is 1. The fraction of sp³-hybridized carbons (Fsp3) is 0.438. The normalized spacial score (nSPS) is 11.3. The minimum absolute atomic E-state index is 0.0637. The highest BCUT2D eigenvalue weighted by Gasteiger charge is 2.20. The molecule has 1 heterocycles. The molecule has 0 saturated heterocycles. The SMILES string of the molecule is CCc1nnc(NC(=O)COc2ccc(Br)cc2C(C)(C)C)s1. The molecule has 0 aliphatic carbocycles. The number of aromatic nitrogens is 2. The smallest absolute Gasteiger partial charge is 0.264 e. The second kappa shape index (κ2) is 7.40. The van der Waals surface area contributed by atoms with Crippen molar-refractivity contribution in [1.82, 2.24) is 10.2 Å². The maximum Gasteiger partial charge on any atom is 0.264 e. The fourth-order valence-corrected chi connectivity index (χ4v) is 3.02. The van der Waals surface area contributed by atoms with Crippen molar-refractivity contribution in [3.05, 3.63) is 33.2 Å². The third-order valence-corrected chi connectivity index (χ3v) is 4.60. The van der Waals surface area contributed by atoms with Crippen molar-refractivity contribution in [2.75, 3.05) is 11.9 Å². The van der Waals surface area contributed by atoms with Gasteiger partial charge in [-0.15, -0.1) is 10.2 Å². The molecular weight excluding hydrogens is 378 g/mol. The maximum atomic E-state index is 12.0. The Balaban J connectivity index is 2.01. The van der Waals surface area contributed by atoms with Crippen LogP contribution in [0.15, 0.2) is 22.7 Å². The summed E-state index contributed by atoms with van der Waals surface area (Å²) in [6.45, 7) is 8.25. The van der Waals surface area contributed by atoms with E-state index in [0.717, 1.165) is 21.5 Å². The molecule has 0 bridgehead atoms. The van der Waals surface area contributed by atoms with Crippen molar-refractivity contribution in [2.24, 2.45) is 0 Å². The van der Waals surface area contributed by atoms with Gasteiger partial charge in [0.05, 0.1) is 0 Å². The number of ether oxygens (including phenoxy) is 1. The first-order valence-electron chi connectivity index (χ1n) is 7.34. The highest BCUT2D eigenvalue weighted by atomic mass is 79.9. The first-order valence-corrected chi connectivity index (χ1v) is 8.95. The molecule has 2 rings (SSSR count). The molecule has 0 radical (unpaired) electrons. The molecule has 0 unspecified atom stereocenters. The lowest BCUT2D eigenvalue weighted by atomic mass is 9.86. The van der Waals surface area contributed by atoms with Crippen molar-refractivity contribution in [3.8, 4) is 5.75 Å². The number of carbonyl (C=O) groups excluding carboxylic acids is 1. The zero-order valence-electron chi connectivity index (χ0n) is 13.6. The highest BCUT2D eigenvalue weighted by Crippen LogP contribution is 2.33. The van der Waals surface area contributed by atoms with E-state index in [1.165, 1.54) is 11.3 Å². The minimum Gasteiger partial charge on any atom is -0.483 e. The van der Waals surface area contributed by atoms with E-state index in [1.54, 1.807) is 0 Å². The molecule has 0 aliphatic heterocycles. The van der Waals surface area contributed by atoms with Gasteiger partial charge in [0.15, 0.2) is 6.61 Å². The molecule has 0 saturated carbocycles. The molecule has 0 spiro atoms. The average Bonchev–Trinajstić information content (AvgIpc) is 2.92. The first-order chi connectivity index (χ1) is 10.8. The van der Waals surface area contributed by atoms with Gasteiger partial charge in [-0.25, -0.2) is 0 Å². The highest BCUT2D eigenvalue weighted by molar-refractivity contribution is 9.10. The van der Waals surface area contributed by atoms with Crippen molar-refractivity contribution < 1.29 is 9.53 Å². The molecule has 1 aromatic heterocycles. The van der Waals surface area contributed by atoms with Gasteiger partial charge in [-0.1, -0.05) is 55.0 Å². The Morgan fingerprint density at radius 2 is 2.09 bits per heavy atom. The van der Waals surface area contributed by atoms with Gasteiger partial charge in [-0.05, 0) is 30.0 Å². The summed E-state index contributed by atoms with van der Waals surface area (Å²) >= 11 is 4.85. The average molecular weight is 398 g/mol. The Morgan fingerprint density at radius 3 is 2.70 bits per heavy atom. The molecule has 23 heavy (non-hydrogen) atoms. The number of benzene rings is 1. The lowest BCUT2D eigenvalue weighted by molar-refractivity contribution is -0.118. The number of rotatable bonds is 5. The number of amides is 1. The number of halogens is 1. The van der Waals surface area contributed by atoms with Crippen LogP contribution in [0.1, 0.15) is 38.3 Å². The second-order valence-electron chi connectivity index (χ2n) is 6.08. The number of nitrogens with zero attached hydrogens (tertiary/aromatic N) is 2. The standard InChI is InChI=1S/C16H20BrN3O2S/c1-5-14-19-20-15(23-14)18-13(21)9-22-12-7-6-10(17)8-11(12)16(2,3)4/h6-8H,5,9H2,1-4H3,(H,18,20,21). The van der Waals surface area contributed by atoms with E-state index in [9.17, 15) is 4.79 Å². The molecule has 1 amide bonds. The van der Waals surface area contributed by atoms with E-state index in [0.29, 0.717) is 10.9 Å². The van der Waals surface area contributed by atoms with Gasteiger partial charge in [-0.2, -0.15) is 0 Å². The van der Waals surface area contributed by atoms with E-state index in [1.807, 2.05) is 25.1 Å². The quantitative estimate of drug-likeness (QED) is 0.821. The predicted molar refractivity (Wildman–Crippen MR) is 96.3 cm³/mol. The van der Waals surface area contributed by atoms with Gasteiger partial charge >= 0.3 is 0 Å². The molecule has 7 heteroatoms. The van der Waals surface area contributed by atoms with Gasteiger partial charge < -0.3 is 4.74 Å². The summed E-state index contributed by atoms with van der Waals surface area (Å²) < 4.78 is 6.70. The van der Waals surface area contributed by atoms with Gasteiger partial charge in [0.1, 0.15) is 10.8 Å². The predicted octanol–water partition coefficient (Wildman–Crippen LogP) is 4.18. The lowest BCUT2D eigenvalue weighted by Gasteiger charge is -2.23. The van der Waals surface area contributed by atoms with Crippen LogP contribution in [0.25, 0.3) is 0 Å². The van der Waals surface area contributed by atoms with E-state index >= 15 is 0 Å². The lowest BCUT2D eigenvalue weighted by Crippen LogP contribution is -2.22. The van der Waals surface area contributed by atoms with Crippen LogP contribution in [0.2, 0.25) is 0 Å². The summed E-state index contributed by atoms with van der Waals surface area (Å²) in [6.07, 6.45) is 0.803. The summed E-state index contributed by atoms with van der Waals surface area (Å²) in [4.78, 5) is 12.0. The molecule has 1 N–H and O–H groups in total. The first kappa shape index (κ1) is 17.9. The third kappa shape index (κ3) is 5.00. The van der Waals surface area contributed by atoms with Crippen LogP contribution in [0.4, 0.5) is 5.13 Å². The van der Waals surface area contributed by atoms with Gasteiger partial charge in [0.2, 0.25) is 5.13 Å². The summed E-state index contributed by atoms with van der Waals surface area (Å²) in [7, 11) is 0. The molecular formula is C16H20BrN3O2S. The molecule has 2 aromatic rings. The van der Waals surface area contributed by atoms with Crippen molar-refractivity contribution in [2.45, 2.75) is 39.5 Å². The summed E-state index contributed by atoms with van der Waals surface area (Å²) in [5, 5.41) is 12.0. The fourth-order valence-electron chi connectivity index (χ4n) is 1.96. The van der Waals surface area contributed by atoms with E-state index in [2.05, 4.69) is 52.2 Å². The zero-order valence-corrected chi connectivity index (χ0v) is 16.0. The van der Waals surface area contributed by atoms with Crippen LogP contribution in [0, 0.1) is 0 Å². The monoisotopic (exact) mass is 397 g/mol. The minimum atomic E-state index is -0.244. The summed E-state index contributed by atoms with van der Waals surface area (Å²) in [5.74, 6) is 0.467. The number of anilines is 1. The summed E-state index contributed by atoms with van der Waals surface area (Å²) in [6, 6.07) is 5.80. The van der Waals surface area contributed by atoms with Crippen LogP contribution >= 0.6 is 27.3 Å². The molecule has 124 valence electrons. The Morgan fingerprint density at radius 1 is 1.35 bits per heavy atom. The number of aryl methyl sites for hydroxylation is 1. The van der Waals surface area contributed by atoms with Crippen LogP contribution in [-0.4, -0.2) is 22.7 Å². The van der Waals surface area contributed by atoms with E-state index < -0.39 is 0 Å². The second-order valence-corrected chi connectivity index (χ2v) is 8.06. The maximum absolute atomic E-state index is 12.0. The Hall–Kier alpha value is -1.47. The van der Waals surface area contributed by atoms with Gasteiger partial charge in [0, 0.05) is 10.0 Å². The van der Waals surface area contributed by atoms with Crippen molar-refractivity contribution in [1.29, 1.82) is 0 Å². The molecule has 0 fully saturated rings. The van der Waals surface area contributed by atoms with Gasteiger partial charge in [0.25, 0.3) is 5.91 Å². The third-order valence-electron chi connectivity index (χ3n) is 3.12. The van der Waals surface area contributed by atoms with E-state index in [4.69, 9.17) is 4.74 Å². The van der Waals surface area contributed by atoms with Crippen LogP contribution in [0.3, 0.4) is 0 Å². The largest absolute Gasteiger partial charge is 0.483 e. The topological polar surface area (TPSA) is 64.1 Å². The molecule has 1 aromatic carbocycles. The molecule has 0 atom stereocenters. The zero-order chi connectivity index (χ0) is 17.0. The number of hydrogen-bond donors (Lipinski definition) is 1. The summed E-state index contributed by atoms with van der Waals surface area (Å²) in [5.41, 5.74) is 0.967. The van der Waals surface area contributed by atoms with Gasteiger partial charge in [-0.3, -0.25) is 10.1 Å².